The Morgan fingerprint density at radius 2 is 2.03 bits per heavy atom. The SMILES string of the molecule is CN1CCc2[nH]nc(C(=O)N3CCC[C@H](c4[nH]ncc4-c4ccccc4)C3)c2C1. The van der Waals surface area contributed by atoms with Gasteiger partial charge in [-0.15, -0.1) is 0 Å². The van der Waals surface area contributed by atoms with Gasteiger partial charge >= 0.3 is 0 Å². The zero-order valence-electron chi connectivity index (χ0n) is 16.7. The maximum Gasteiger partial charge on any atom is 0.274 e. The third-order valence-electron chi connectivity index (χ3n) is 6.20. The van der Waals surface area contributed by atoms with Crippen LogP contribution >= 0.6 is 0 Å². The van der Waals surface area contributed by atoms with E-state index in [9.17, 15) is 4.79 Å². The number of nitrogens with zero attached hydrogens (tertiary/aromatic N) is 4. The Morgan fingerprint density at radius 1 is 1.17 bits per heavy atom. The molecule has 0 radical (unpaired) electrons. The second kappa shape index (κ2) is 7.48. The molecule has 2 aliphatic rings. The number of benzene rings is 1. The van der Waals surface area contributed by atoms with Gasteiger partial charge < -0.3 is 9.80 Å². The second-order valence-corrected chi connectivity index (χ2v) is 8.17. The summed E-state index contributed by atoms with van der Waals surface area (Å²) in [6.07, 6.45) is 4.85. The van der Waals surface area contributed by atoms with Crippen LogP contribution in [0.25, 0.3) is 11.1 Å². The lowest BCUT2D eigenvalue weighted by Crippen LogP contribution is -2.40. The molecule has 150 valence electrons. The summed E-state index contributed by atoms with van der Waals surface area (Å²) < 4.78 is 0. The van der Waals surface area contributed by atoms with E-state index in [4.69, 9.17) is 0 Å². The van der Waals surface area contributed by atoms with Crippen LogP contribution in [0.2, 0.25) is 0 Å². The van der Waals surface area contributed by atoms with E-state index in [1.54, 1.807) is 0 Å². The van der Waals surface area contributed by atoms with Crippen LogP contribution in [0.1, 0.15) is 46.2 Å². The molecule has 1 amide bonds. The number of aromatic amines is 2. The molecular weight excluding hydrogens is 364 g/mol. The molecule has 0 bridgehead atoms. The first-order valence-electron chi connectivity index (χ1n) is 10.3. The first-order valence-corrected chi connectivity index (χ1v) is 10.3. The van der Waals surface area contributed by atoms with Gasteiger partial charge in [0.2, 0.25) is 0 Å². The smallest absolute Gasteiger partial charge is 0.274 e. The number of aromatic nitrogens is 4. The van der Waals surface area contributed by atoms with E-state index in [1.807, 2.05) is 29.3 Å². The quantitative estimate of drug-likeness (QED) is 0.721. The van der Waals surface area contributed by atoms with Crippen molar-refractivity contribution in [2.24, 2.45) is 0 Å². The summed E-state index contributed by atoms with van der Waals surface area (Å²) in [5, 5.41) is 15.0. The minimum Gasteiger partial charge on any atom is -0.337 e. The van der Waals surface area contributed by atoms with Crippen molar-refractivity contribution in [3.63, 3.8) is 0 Å². The summed E-state index contributed by atoms with van der Waals surface area (Å²) >= 11 is 0. The van der Waals surface area contributed by atoms with Gasteiger partial charge in [0.05, 0.1) is 6.20 Å². The van der Waals surface area contributed by atoms with Crippen LogP contribution in [0, 0.1) is 0 Å². The highest BCUT2D eigenvalue weighted by atomic mass is 16.2. The van der Waals surface area contributed by atoms with Crippen molar-refractivity contribution in [3.05, 3.63) is 59.2 Å². The average Bonchev–Trinajstić information content (AvgIpc) is 3.41. The van der Waals surface area contributed by atoms with Crippen molar-refractivity contribution in [3.8, 4) is 11.1 Å². The third-order valence-corrected chi connectivity index (χ3v) is 6.20. The summed E-state index contributed by atoms with van der Waals surface area (Å²) in [6.45, 7) is 3.25. The molecule has 5 rings (SSSR count). The normalized spacial score (nSPS) is 19.9. The Bertz CT molecular complexity index is 1010. The molecule has 4 heterocycles. The molecule has 0 saturated carbocycles. The van der Waals surface area contributed by atoms with E-state index >= 15 is 0 Å². The fourth-order valence-electron chi connectivity index (χ4n) is 4.61. The van der Waals surface area contributed by atoms with E-state index in [1.165, 1.54) is 0 Å². The molecule has 0 unspecified atom stereocenters. The van der Waals surface area contributed by atoms with E-state index in [0.717, 1.165) is 67.0 Å². The minimum atomic E-state index is 0.0447. The Balaban J connectivity index is 1.38. The topological polar surface area (TPSA) is 80.9 Å². The summed E-state index contributed by atoms with van der Waals surface area (Å²) in [4.78, 5) is 17.5. The fraction of sp³-hybridized carbons (Fsp3) is 0.409. The van der Waals surface area contributed by atoms with E-state index in [2.05, 4.69) is 44.5 Å². The number of carbonyl (C=O) groups excluding carboxylic acids is 1. The van der Waals surface area contributed by atoms with Crippen LogP contribution in [-0.4, -0.2) is 62.8 Å². The molecule has 0 aliphatic carbocycles. The van der Waals surface area contributed by atoms with Gasteiger partial charge in [0.25, 0.3) is 5.91 Å². The fourth-order valence-corrected chi connectivity index (χ4v) is 4.61. The number of amides is 1. The van der Waals surface area contributed by atoms with E-state index < -0.39 is 0 Å². The lowest BCUT2D eigenvalue weighted by molar-refractivity contribution is 0.0697. The average molecular weight is 390 g/mol. The maximum atomic E-state index is 13.3. The number of H-pyrrole nitrogens is 2. The predicted octanol–water partition coefficient (Wildman–Crippen LogP) is 2.81. The molecule has 0 spiro atoms. The number of nitrogens with one attached hydrogen (secondary N) is 2. The van der Waals surface area contributed by atoms with Crippen molar-refractivity contribution in [1.29, 1.82) is 0 Å². The highest BCUT2D eigenvalue weighted by molar-refractivity contribution is 5.94. The molecule has 1 saturated heterocycles. The van der Waals surface area contributed by atoms with E-state index in [-0.39, 0.29) is 11.8 Å². The predicted molar refractivity (Wildman–Crippen MR) is 111 cm³/mol. The number of carbonyl (C=O) groups is 1. The monoisotopic (exact) mass is 390 g/mol. The summed E-state index contributed by atoms with van der Waals surface area (Å²) in [6, 6.07) is 10.3. The summed E-state index contributed by atoms with van der Waals surface area (Å²) in [5.41, 5.74) is 6.18. The van der Waals surface area contributed by atoms with Crippen LogP contribution < -0.4 is 0 Å². The van der Waals surface area contributed by atoms with Crippen molar-refractivity contribution in [2.45, 2.75) is 31.7 Å². The third kappa shape index (κ3) is 3.35. The molecule has 1 fully saturated rings. The van der Waals surface area contributed by atoms with Gasteiger partial charge in [-0.05, 0) is 25.5 Å². The Hall–Kier alpha value is -2.93. The number of piperidine rings is 1. The number of rotatable bonds is 3. The zero-order valence-corrected chi connectivity index (χ0v) is 16.7. The van der Waals surface area contributed by atoms with E-state index in [0.29, 0.717) is 12.2 Å². The summed E-state index contributed by atoms with van der Waals surface area (Å²) in [5.74, 6) is 0.297. The van der Waals surface area contributed by atoms with Crippen LogP contribution in [0.4, 0.5) is 0 Å². The molecule has 7 nitrogen and oxygen atoms in total. The molecule has 3 aromatic rings. The highest BCUT2D eigenvalue weighted by Gasteiger charge is 2.32. The Labute approximate surface area is 170 Å². The molecule has 1 atom stereocenters. The molecule has 29 heavy (non-hydrogen) atoms. The van der Waals surface area contributed by atoms with Crippen LogP contribution in [0.3, 0.4) is 0 Å². The maximum absolute atomic E-state index is 13.3. The highest BCUT2D eigenvalue weighted by Crippen LogP contribution is 2.33. The number of hydrogen-bond acceptors (Lipinski definition) is 4. The van der Waals surface area contributed by atoms with Gasteiger partial charge in [-0.2, -0.15) is 10.2 Å². The van der Waals surface area contributed by atoms with Gasteiger partial charge in [0.1, 0.15) is 0 Å². The molecular formula is C22H26N6O. The van der Waals surface area contributed by atoms with Crippen molar-refractivity contribution in [1.82, 2.24) is 30.2 Å². The first-order chi connectivity index (χ1) is 14.2. The lowest BCUT2D eigenvalue weighted by atomic mass is 9.90. The number of fused-ring (bicyclic) bond motifs is 1. The molecule has 1 aromatic carbocycles. The zero-order chi connectivity index (χ0) is 19.8. The molecule has 2 aromatic heterocycles. The number of likely N-dealkylation sites (tertiary alicyclic amines) is 1. The van der Waals surface area contributed by atoms with Gasteiger partial charge in [0.15, 0.2) is 5.69 Å². The number of hydrogen-bond donors (Lipinski definition) is 2. The minimum absolute atomic E-state index is 0.0447. The van der Waals surface area contributed by atoms with Crippen LogP contribution in [0.15, 0.2) is 36.5 Å². The van der Waals surface area contributed by atoms with Crippen LogP contribution in [-0.2, 0) is 13.0 Å². The molecule has 7 heteroatoms. The molecule has 2 aliphatic heterocycles. The first kappa shape index (κ1) is 18.1. The molecule has 2 N–H and O–H groups in total. The van der Waals surface area contributed by atoms with Crippen LogP contribution in [0.5, 0.6) is 0 Å². The Kier molecular flexibility index (Phi) is 4.67. The standard InChI is InChI=1S/C22H26N6O/c1-27-11-9-19-18(14-27)21(26-24-19)22(29)28-10-5-8-16(13-28)20-17(12-23-25-20)15-6-3-2-4-7-15/h2-4,6-7,12,16H,5,8-11,13-14H2,1H3,(H,23,25)(H,24,26)/t16-/m0/s1. The Morgan fingerprint density at radius 3 is 2.90 bits per heavy atom. The summed E-state index contributed by atoms with van der Waals surface area (Å²) in [7, 11) is 2.09. The van der Waals surface area contributed by atoms with Gasteiger partial charge in [0, 0.05) is 61.0 Å². The number of likely N-dealkylation sites (N-methyl/N-ethyl adjacent to an activating group) is 1. The van der Waals surface area contributed by atoms with Gasteiger partial charge in [-0.3, -0.25) is 15.0 Å². The van der Waals surface area contributed by atoms with Gasteiger partial charge in [-0.25, -0.2) is 0 Å². The van der Waals surface area contributed by atoms with Crippen molar-refractivity contribution < 1.29 is 4.79 Å². The van der Waals surface area contributed by atoms with Crippen molar-refractivity contribution in [2.75, 3.05) is 26.7 Å². The largest absolute Gasteiger partial charge is 0.337 e. The van der Waals surface area contributed by atoms with Crippen molar-refractivity contribution >= 4 is 5.91 Å². The second-order valence-electron chi connectivity index (χ2n) is 8.17. The lowest BCUT2D eigenvalue weighted by Gasteiger charge is -2.33. The van der Waals surface area contributed by atoms with Gasteiger partial charge in [-0.1, -0.05) is 30.3 Å².